The number of aromatic nitrogens is 2. The molecule has 1 amide bonds. The van der Waals surface area contributed by atoms with Gasteiger partial charge in [0.15, 0.2) is 0 Å². The van der Waals surface area contributed by atoms with Crippen molar-refractivity contribution in [2.24, 2.45) is 0 Å². The Labute approximate surface area is 176 Å². The summed E-state index contributed by atoms with van der Waals surface area (Å²) in [7, 11) is 0. The maximum absolute atomic E-state index is 13.2. The van der Waals surface area contributed by atoms with Crippen LogP contribution < -0.4 is 4.74 Å². The van der Waals surface area contributed by atoms with E-state index < -0.39 is 0 Å². The number of ether oxygens (including phenoxy) is 1. The lowest BCUT2D eigenvalue weighted by molar-refractivity contribution is 0.0741. The molecule has 0 aliphatic carbocycles. The number of carbonyl (C=O) groups is 1. The number of nitrogens with zero attached hydrogens (tertiary/aromatic N) is 2. The Morgan fingerprint density at radius 1 is 1.10 bits per heavy atom. The number of unbranched alkanes of at least 4 members (excludes halogenated alkanes) is 1. The van der Waals surface area contributed by atoms with Crippen molar-refractivity contribution in [1.29, 1.82) is 0 Å². The molecule has 6 heteroatoms. The topological polar surface area (TPSA) is 78.5 Å². The molecule has 4 rings (SSSR count). The van der Waals surface area contributed by atoms with Gasteiger partial charge in [-0.15, -0.1) is 0 Å². The second-order valence-corrected chi connectivity index (χ2v) is 7.55. The minimum absolute atomic E-state index is 0.0519. The average Bonchev–Trinajstić information content (AvgIpc) is 3.30. The van der Waals surface area contributed by atoms with E-state index in [1.807, 2.05) is 41.3 Å². The average molecular weight is 405 g/mol. The lowest BCUT2D eigenvalue weighted by Gasteiger charge is -2.26. The molecule has 0 fully saturated rings. The molecule has 1 aliphatic heterocycles. The van der Waals surface area contributed by atoms with Crippen LogP contribution in [0.15, 0.2) is 48.5 Å². The summed E-state index contributed by atoms with van der Waals surface area (Å²) < 4.78 is 5.72. The third-order valence-corrected chi connectivity index (χ3v) is 5.44. The highest BCUT2D eigenvalue weighted by atomic mass is 16.5. The van der Waals surface area contributed by atoms with E-state index in [0.717, 1.165) is 36.1 Å². The Bertz CT molecular complexity index is 1030. The van der Waals surface area contributed by atoms with Gasteiger partial charge in [-0.1, -0.05) is 44.5 Å². The molecule has 0 saturated heterocycles. The van der Waals surface area contributed by atoms with Crippen molar-refractivity contribution in [3.8, 4) is 22.8 Å². The number of phenols is 1. The molecule has 1 aliphatic rings. The number of carbonyl (C=O) groups excluding carboxylic acids is 1. The van der Waals surface area contributed by atoms with Gasteiger partial charge in [0.25, 0.3) is 5.91 Å². The smallest absolute Gasteiger partial charge is 0.273 e. The molecule has 0 saturated carbocycles. The maximum Gasteiger partial charge on any atom is 0.273 e. The Kier molecular flexibility index (Phi) is 5.74. The van der Waals surface area contributed by atoms with Gasteiger partial charge in [-0.2, -0.15) is 5.10 Å². The van der Waals surface area contributed by atoms with Gasteiger partial charge < -0.3 is 14.7 Å². The van der Waals surface area contributed by atoms with Crippen LogP contribution in [0.5, 0.6) is 11.5 Å². The van der Waals surface area contributed by atoms with Gasteiger partial charge in [-0.25, -0.2) is 0 Å². The number of para-hydroxylation sites is 1. The molecule has 6 nitrogen and oxygen atoms in total. The fourth-order valence-electron chi connectivity index (χ4n) is 3.95. The number of aromatic hydroxyl groups is 1. The third kappa shape index (κ3) is 3.54. The third-order valence-electron chi connectivity index (χ3n) is 5.44. The van der Waals surface area contributed by atoms with Crippen molar-refractivity contribution in [3.63, 3.8) is 0 Å². The van der Waals surface area contributed by atoms with Crippen molar-refractivity contribution < 1.29 is 14.6 Å². The molecule has 0 radical (unpaired) electrons. The van der Waals surface area contributed by atoms with Crippen molar-refractivity contribution >= 4 is 5.91 Å². The van der Waals surface area contributed by atoms with Gasteiger partial charge in [0.05, 0.1) is 12.6 Å². The van der Waals surface area contributed by atoms with Crippen LogP contribution in [0.2, 0.25) is 0 Å². The normalized spacial score (nSPS) is 15.5. The Morgan fingerprint density at radius 2 is 1.87 bits per heavy atom. The first-order valence-electron chi connectivity index (χ1n) is 10.6. The van der Waals surface area contributed by atoms with Gasteiger partial charge >= 0.3 is 0 Å². The largest absolute Gasteiger partial charge is 0.507 e. The van der Waals surface area contributed by atoms with Crippen molar-refractivity contribution in [2.75, 3.05) is 13.2 Å². The van der Waals surface area contributed by atoms with Crippen LogP contribution in [0.4, 0.5) is 0 Å². The van der Waals surface area contributed by atoms with E-state index >= 15 is 0 Å². The van der Waals surface area contributed by atoms with E-state index in [9.17, 15) is 9.90 Å². The number of hydrogen-bond donors (Lipinski definition) is 2. The summed E-state index contributed by atoms with van der Waals surface area (Å²) in [6.07, 6.45) is 2.87. The Balaban J connectivity index is 1.78. The minimum atomic E-state index is -0.257. The highest BCUT2D eigenvalue weighted by molar-refractivity contribution is 6.00. The fourth-order valence-corrected chi connectivity index (χ4v) is 3.95. The van der Waals surface area contributed by atoms with Gasteiger partial charge in [-0.3, -0.25) is 9.89 Å². The van der Waals surface area contributed by atoms with Gasteiger partial charge in [0.2, 0.25) is 0 Å². The number of H-pyrrole nitrogens is 1. The van der Waals surface area contributed by atoms with E-state index in [-0.39, 0.29) is 17.7 Å². The number of nitrogens with one attached hydrogen (secondary N) is 1. The second kappa shape index (κ2) is 8.61. The van der Waals surface area contributed by atoms with Gasteiger partial charge in [0, 0.05) is 17.7 Å². The first-order valence-corrected chi connectivity index (χ1v) is 10.6. The molecule has 0 bridgehead atoms. The zero-order chi connectivity index (χ0) is 21.1. The quantitative estimate of drug-likeness (QED) is 0.558. The zero-order valence-corrected chi connectivity index (χ0v) is 17.4. The van der Waals surface area contributed by atoms with Crippen molar-refractivity contribution in [1.82, 2.24) is 15.1 Å². The highest BCUT2D eigenvalue weighted by Gasteiger charge is 2.42. The van der Waals surface area contributed by atoms with Crippen LogP contribution in [0, 0.1) is 0 Å². The van der Waals surface area contributed by atoms with E-state index in [1.165, 1.54) is 0 Å². The summed E-state index contributed by atoms with van der Waals surface area (Å²) >= 11 is 0. The summed E-state index contributed by atoms with van der Waals surface area (Å²) in [4.78, 5) is 15.1. The predicted octanol–water partition coefficient (Wildman–Crippen LogP) is 4.92. The Morgan fingerprint density at radius 3 is 2.57 bits per heavy atom. The SMILES string of the molecule is CCCCN1C(=O)c2[nH]nc(-c3ccccc3O)c2[C@H]1c1ccc(OCCC)cc1. The number of aromatic amines is 1. The fraction of sp³-hybridized carbons (Fsp3) is 0.333. The van der Waals surface area contributed by atoms with E-state index in [1.54, 1.807) is 12.1 Å². The summed E-state index contributed by atoms with van der Waals surface area (Å²) in [6.45, 7) is 5.53. The molecule has 1 aromatic heterocycles. The van der Waals surface area contributed by atoms with Crippen LogP contribution in [-0.2, 0) is 0 Å². The van der Waals surface area contributed by atoms with E-state index in [0.29, 0.717) is 30.1 Å². The Hall–Kier alpha value is -3.28. The number of rotatable bonds is 8. The number of hydrogen-bond acceptors (Lipinski definition) is 4. The lowest BCUT2D eigenvalue weighted by atomic mass is 9.95. The number of benzene rings is 2. The van der Waals surface area contributed by atoms with Crippen LogP contribution in [0.1, 0.15) is 60.8 Å². The summed E-state index contributed by atoms with van der Waals surface area (Å²) in [6, 6.07) is 14.8. The number of phenolic OH excluding ortho intramolecular Hbond substituents is 1. The lowest BCUT2D eigenvalue weighted by Crippen LogP contribution is -2.30. The maximum atomic E-state index is 13.2. The van der Waals surface area contributed by atoms with Crippen LogP contribution in [-0.4, -0.2) is 39.3 Å². The van der Waals surface area contributed by atoms with E-state index in [4.69, 9.17) is 4.74 Å². The molecule has 156 valence electrons. The number of amides is 1. The monoisotopic (exact) mass is 405 g/mol. The van der Waals surface area contributed by atoms with Crippen molar-refractivity contribution in [3.05, 3.63) is 65.4 Å². The molecular weight excluding hydrogens is 378 g/mol. The van der Waals surface area contributed by atoms with Gasteiger partial charge in [0.1, 0.15) is 22.9 Å². The molecule has 2 N–H and O–H groups in total. The van der Waals surface area contributed by atoms with E-state index in [2.05, 4.69) is 24.0 Å². The van der Waals surface area contributed by atoms with Crippen LogP contribution in [0.25, 0.3) is 11.3 Å². The molecular formula is C24H27N3O3. The van der Waals surface area contributed by atoms with Crippen LogP contribution >= 0.6 is 0 Å². The van der Waals surface area contributed by atoms with Gasteiger partial charge in [-0.05, 0) is 42.7 Å². The molecule has 3 aromatic rings. The standard InChI is InChI=1S/C24H27N3O3/c1-3-5-14-27-23(16-10-12-17(13-11-16)30-15-4-2)20-21(25-26-22(20)24(27)29)18-8-6-7-9-19(18)28/h6-13,23,28H,3-5,14-15H2,1-2H3,(H,25,26)/t23-/m1/s1. The predicted molar refractivity (Wildman–Crippen MR) is 116 cm³/mol. The first kappa shape index (κ1) is 20.0. The molecule has 1 atom stereocenters. The first-order chi connectivity index (χ1) is 14.7. The number of fused-ring (bicyclic) bond motifs is 1. The molecule has 30 heavy (non-hydrogen) atoms. The molecule has 2 heterocycles. The molecule has 0 spiro atoms. The second-order valence-electron chi connectivity index (χ2n) is 7.55. The molecule has 2 aromatic carbocycles. The summed E-state index contributed by atoms with van der Waals surface area (Å²) in [5.74, 6) is 0.913. The zero-order valence-electron chi connectivity index (χ0n) is 17.4. The summed E-state index contributed by atoms with van der Waals surface area (Å²) in [5.41, 5.74) is 3.56. The van der Waals surface area contributed by atoms with Crippen LogP contribution in [0.3, 0.4) is 0 Å². The molecule has 0 unspecified atom stereocenters. The highest BCUT2D eigenvalue weighted by Crippen LogP contribution is 2.44. The summed E-state index contributed by atoms with van der Waals surface area (Å²) in [5, 5.41) is 17.7. The minimum Gasteiger partial charge on any atom is -0.507 e. The van der Waals surface area contributed by atoms with Crippen molar-refractivity contribution in [2.45, 2.75) is 39.2 Å².